The lowest BCUT2D eigenvalue weighted by Crippen LogP contribution is -2.29. The van der Waals surface area contributed by atoms with Crippen molar-refractivity contribution in [2.24, 2.45) is 0 Å². The quantitative estimate of drug-likeness (QED) is 0.454. The summed E-state index contributed by atoms with van der Waals surface area (Å²) in [5.74, 6) is 0.712. The van der Waals surface area contributed by atoms with Crippen molar-refractivity contribution < 1.29 is 13.9 Å². The fourth-order valence-corrected chi connectivity index (χ4v) is 4.35. The van der Waals surface area contributed by atoms with Crippen LogP contribution in [-0.4, -0.2) is 12.6 Å². The van der Waals surface area contributed by atoms with Gasteiger partial charge in [0.05, 0.1) is 16.7 Å². The van der Waals surface area contributed by atoms with Crippen molar-refractivity contribution in [3.63, 3.8) is 0 Å². The van der Waals surface area contributed by atoms with E-state index in [9.17, 15) is 4.39 Å². The average Bonchev–Trinajstić information content (AvgIpc) is 2.68. The van der Waals surface area contributed by atoms with Crippen LogP contribution in [0.25, 0.3) is 0 Å². The van der Waals surface area contributed by atoms with Gasteiger partial charge >= 0.3 is 0 Å². The Hall–Kier alpha value is -1.49. The van der Waals surface area contributed by atoms with Crippen LogP contribution >= 0.6 is 23.2 Å². The van der Waals surface area contributed by atoms with Crippen LogP contribution in [0, 0.1) is 5.82 Å². The highest BCUT2D eigenvalue weighted by Crippen LogP contribution is 2.37. The van der Waals surface area contributed by atoms with Crippen LogP contribution in [0.3, 0.4) is 0 Å². The Morgan fingerprint density at radius 1 is 0.967 bits per heavy atom. The van der Waals surface area contributed by atoms with Crippen LogP contribution in [0.1, 0.15) is 63.0 Å². The molecule has 1 aliphatic carbocycles. The van der Waals surface area contributed by atoms with Gasteiger partial charge in [0.2, 0.25) is 0 Å². The summed E-state index contributed by atoms with van der Waals surface area (Å²) in [6.45, 7) is 3.35. The van der Waals surface area contributed by atoms with Gasteiger partial charge < -0.3 is 14.8 Å². The normalized spacial score (nSPS) is 15.5. The predicted octanol–water partition coefficient (Wildman–Crippen LogP) is 7.31. The van der Waals surface area contributed by atoms with Crippen LogP contribution in [0.4, 0.5) is 4.39 Å². The SMILES string of the molecule is CCOc1cc(CNC2CCCCCCC2)cc(Cl)c1OCc1ccc(F)cc1Cl. The van der Waals surface area contributed by atoms with Crippen molar-refractivity contribution in [1.29, 1.82) is 0 Å². The minimum Gasteiger partial charge on any atom is -0.490 e. The molecule has 2 aromatic carbocycles. The molecule has 0 atom stereocenters. The summed E-state index contributed by atoms with van der Waals surface area (Å²) in [7, 11) is 0. The lowest BCUT2D eigenvalue weighted by atomic mass is 9.96. The zero-order chi connectivity index (χ0) is 21.3. The van der Waals surface area contributed by atoms with Gasteiger partial charge in [-0.2, -0.15) is 0 Å². The molecular formula is C24H30Cl2FNO2. The van der Waals surface area contributed by atoms with Gasteiger partial charge in [-0.1, -0.05) is 61.4 Å². The number of ether oxygens (including phenoxy) is 2. The van der Waals surface area contributed by atoms with Crippen LogP contribution in [0.2, 0.25) is 10.0 Å². The van der Waals surface area contributed by atoms with Gasteiger partial charge in [0.15, 0.2) is 11.5 Å². The molecule has 3 nitrogen and oxygen atoms in total. The van der Waals surface area contributed by atoms with Gasteiger partial charge in [-0.25, -0.2) is 4.39 Å². The minimum atomic E-state index is -0.377. The van der Waals surface area contributed by atoms with Gasteiger partial charge in [0, 0.05) is 18.2 Å². The maximum atomic E-state index is 13.3. The molecule has 1 aliphatic rings. The Morgan fingerprint density at radius 2 is 1.70 bits per heavy atom. The first-order valence-corrected chi connectivity index (χ1v) is 11.6. The lowest BCUT2D eigenvalue weighted by Gasteiger charge is -2.22. The molecule has 0 amide bonds. The number of benzene rings is 2. The number of halogens is 3. The van der Waals surface area contributed by atoms with E-state index in [-0.39, 0.29) is 12.4 Å². The fourth-order valence-electron chi connectivity index (χ4n) is 3.84. The van der Waals surface area contributed by atoms with E-state index in [1.165, 1.54) is 57.1 Å². The Balaban J connectivity index is 1.68. The van der Waals surface area contributed by atoms with Crippen molar-refractivity contribution in [2.75, 3.05) is 6.61 Å². The Bertz CT molecular complexity index is 823. The number of hydrogen-bond donors (Lipinski definition) is 1. The molecule has 1 saturated carbocycles. The van der Waals surface area contributed by atoms with Crippen LogP contribution < -0.4 is 14.8 Å². The molecule has 0 unspecified atom stereocenters. The topological polar surface area (TPSA) is 30.5 Å². The van der Waals surface area contributed by atoms with E-state index >= 15 is 0 Å². The fraction of sp³-hybridized carbons (Fsp3) is 0.500. The lowest BCUT2D eigenvalue weighted by molar-refractivity contribution is 0.269. The van der Waals surface area contributed by atoms with E-state index in [4.69, 9.17) is 32.7 Å². The summed E-state index contributed by atoms with van der Waals surface area (Å²) in [6, 6.07) is 8.69. The molecule has 0 bridgehead atoms. The van der Waals surface area contributed by atoms with Crippen molar-refractivity contribution in [2.45, 2.75) is 71.1 Å². The van der Waals surface area contributed by atoms with Crippen LogP contribution in [0.5, 0.6) is 11.5 Å². The minimum absolute atomic E-state index is 0.179. The standard InChI is InChI=1S/C24H30Cl2FNO2/c1-2-29-23-13-17(15-28-20-8-6-4-3-5-7-9-20)12-22(26)24(23)30-16-18-10-11-19(27)14-21(18)25/h10-14,20,28H,2-9,15-16H2,1H3. The third-order valence-corrected chi connectivity index (χ3v) is 6.09. The van der Waals surface area contributed by atoms with Gasteiger partial charge in [0.1, 0.15) is 12.4 Å². The number of rotatable bonds is 8. The second-order valence-electron chi connectivity index (χ2n) is 7.79. The maximum Gasteiger partial charge on any atom is 0.180 e. The monoisotopic (exact) mass is 453 g/mol. The third-order valence-electron chi connectivity index (χ3n) is 5.46. The largest absolute Gasteiger partial charge is 0.490 e. The predicted molar refractivity (Wildman–Crippen MR) is 121 cm³/mol. The van der Waals surface area contributed by atoms with E-state index in [1.54, 1.807) is 6.07 Å². The Morgan fingerprint density at radius 3 is 2.40 bits per heavy atom. The van der Waals surface area contributed by atoms with Crippen molar-refractivity contribution in [3.05, 3.63) is 57.3 Å². The third kappa shape index (κ3) is 6.76. The molecule has 0 saturated heterocycles. The van der Waals surface area contributed by atoms with Gasteiger partial charge in [0.25, 0.3) is 0 Å². The van der Waals surface area contributed by atoms with Gasteiger partial charge in [-0.15, -0.1) is 0 Å². The molecule has 1 N–H and O–H groups in total. The molecule has 2 aromatic rings. The van der Waals surface area contributed by atoms with Crippen molar-refractivity contribution >= 4 is 23.2 Å². The summed E-state index contributed by atoms with van der Waals surface area (Å²) in [5, 5.41) is 4.50. The van der Waals surface area contributed by atoms with Crippen molar-refractivity contribution in [3.8, 4) is 11.5 Å². The average molecular weight is 454 g/mol. The second kappa shape index (κ2) is 11.8. The second-order valence-corrected chi connectivity index (χ2v) is 8.60. The van der Waals surface area contributed by atoms with E-state index in [1.807, 2.05) is 19.1 Å². The van der Waals surface area contributed by atoms with Gasteiger partial charge in [-0.3, -0.25) is 0 Å². The molecule has 30 heavy (non-hydrogen) atoms. The summed E-state index contributed by atoms with van der Waals surface area (Å²) in [5.41, 5.74) is 1.75. The smallest absolute Gasteiger partial charge is 0.180 e. The first kappa shape index (κ1) is 23.2. The van der Waals surface area contributed by atoms with Crippen LogP contribution in [-0.2, 0) is 13.2 Å². The summed E-state index contributed by atoms with van der Waals surface area (Å²) >= 11 is 12.7. The first-order valence-electron chi connectivity index (χ1n) is 10.8. The van der Waals surface area contributed by atoms with Crippen LogP contribution in [0.15, 0.2) is 30.3 Å². The molecule has 164 valence electrons. The molecule has 3 rings (SSSR count). The summed E-state index contributed by atoms with van der Waals surface area (Å²) in [4.78, 5) is 0. The first-order chi connectivity index (χ1) is 14.6. The number of hydrogen-bond acceptors (Lipinski definition) is 3. The van der Waals surface area contributed by atoms with E-state index in [2.05, 4.69) is 5.32 Å². The van der Waals surface area contributed by atoms with E-state index in [0.717, 1.165) is 12.1 Å². The molecule has 0 heterocycles. The zero-order valence-corrected chi connectivity index (χ0v) is 19.0. The molecule has 0 spiro atoms. The molecule has 0 radical (unpaired) electrons. The number of nitrogens with one attached hydrogen (secondary N) is 1. The summed E-state index contributed by atoms with van der Waals surface area (Å²) < 4.78 is 25.0. The molecule has 6 heteroatoms. The maximum absolute atomic E-state index is 13.3. The molecular weight excluding hydrogens is 424 g/mol. The highest BCUT2D eigenvalue weighted by Gasteiger charge is 2.16. The zero-order valence-electron chi connectivity index (χ0n) is 17.5. The van der Waals surface area contributed by atoms with Gasteiger partial charge in [-0.05, 0) is 49.6 Å². The Kier molecular flexibility index (Phi) is 9.10. The highest BCUT2D eigenvalue weighted by atomic mass is 35.5. The summed E-state index contributed by atoms with van der Waals surface area (Å²) in [6.07, 6.45) is 9.08. The molecule has 1 fully saturated rings. The molecule has 0 aromatic heterocycles. The van der Waals surface area contributed by atoms with Crippen molar-refractivity contribution in [1.82, 2.24) is 5.32 Å². The Labute approximate surface area is 188 Å². The van der Waals surface area contributed by atoms with E-state index < -0.39 is 0 Å². The van der Waals surface area contributed by atoms with E-state index in [0.29, 0.717) is 39.8 Å². The molecule has 0 aliphatic heterocycles. The highest BCUT2D eigenvalue weighted by molar-refractivity contribution is 6.32.